The summed E-state index contributed by atoms with van der Waals surface area (Å²) < 4.78 is 6.62. The highest BCUT2D eigenvalue weighted by atomic mass is 16.3. The maximum absolute atomic E-state index is 6.62. The zero-order valence-corrected chi connectivity index (χ0v) is 27.0. The van der Waals surface area contributed by atoms with Crippen molar-refractivity contribution < 1.29 is 4.42 Å². The number of benzene rings is 4. The molecule has 0 N–H and O–H groups in total. The van der Waals surface area contributed by atoms with Gasteiger partial charge in [-0.3, -0.25) is 0 Å². The van der Waals surface area contributed by atoms with Crippen molar-refractivity contribution in [1.29, 1.82) is 0 Å². The summed E-state index contributed by atoms with van der Waals surface area (Å²) in [6.45, 7) is 8.68. The molecule has 0 saturated heterocycles. The van der Waals surface area contributed by atoms with E-state index in [4.69, 9.17) is 14.4 Å². The highest BCUT2D eigenvalue weighted by Crippen LogP contribution is 2.55. The van der Waals surface area contributed by atoms with Gasteiger partial charge in [0.05, 0.1) is 17.6 Å². The first-order chi connectivity index (χ1) is 23.0. The third-order valence-corrected chi connectivity index (χ3v) is 10.5. The molecule has 0 spiro atoms. The summed E-state index contributed by atoms with van der Waals surface area (Å²) in [7, 11) is 4.37. The van der Waals surface area contributed by atoms with Gasteiger partial charge in [-0.25, -0.2) is 9.97 Å². The van der Waals surface area contributed by atoms with Gasteiger partial charge >= 0.3 is 0 Å². The van der Waals surface area contributed by atoms with Crippen LogP contribution in [0.25, 0.3) is 39.4 Å². The van der Waals surface area contributed by atoms with Crippen LogP contribution in [0.5, 0.6) is 0 Å². The molecular weight excluding hydrogens is 580 g/mol. The second-order valence-electron chi connectivity index (χ2n) is 13.0. The van der Waals surface area contributed by atoms with Gasteiger partial charge in [0.25, 0.3) is 0 Å². The monoisotopic (exact) mass is 616 g/mol. The smallest absolute Gasteiger partial charge is 0.161 e. The van der Waals surface area contributed by atoms with Gasteiger partial charge in [-0.1, -0.05) is 92.4 Å². The summed E-state index contributed by atoms with van der Waals surface area (Å²) >= 11 is 0. The average Bonchev–Trinajstić information content (AvgIpc) is 3.76. The number of aromatic nitrogens is 2. The van der Waals surface area contributed by atoms with Crippen molar-refractivity contribution in [3.8, 4) is 11.4 Å². The largest absolute Gasteiger partial charge is 0.454 e. The lowest BCUT2D eigenvalue weighted by molar-refractivity contribution is 0.190. The summed E-state index contributed by atoms with van der Waals surface area (Å²) in [5.41, 5.74) is 9.67. The van der Waals surface area contributed by atoms with E-state index in [1.54, 1.807) is 0 Å². The van der Waals surface area contributed by atoms with Gasteiger partial charge < -0.3 is 24.0 Å². The van der Waals surface area contributed by atoms with Crippen LogP contribution in [0, 0.1) is 12.8 Å². The maximum Gasteiger partial charge on any atom is 0.161 e. The van der Waals surface area contributed by atoms with E-state index in [2.05, 4.69) is 145 Å². The molecule has 47 heavy (non-hydrogen) atoms. The van der Waals surface area contributed by atoms with Crippen molar-refractivity contribution in [3.63, 3.8) is 0 Å². The lowest BCUT2D eigenvalue weighted by Gasteiger charge is -2.50. The van der Waals surface area contributed by atoms with Gasteiger partial charge in [-0.05, 0) is 41.7 Å². The third-order valence-electron chi connectivity index (χ3n) is 10.5. The minimum Gasteiger partial charge on any atom is -0.454 e. The molecule has 3 aliphatic rings. The number of anilines is 4. The van der Waals surface area contributed by atoms with Crippen LogP contribution in [0.15, 0.2) is 115 Å². The Morgan fingerprint density at radius 1 is 0.830 bits per heavy atom. The van der Waals surface area contributed by atoms with Crippen molar-refractivity contribution in [2.24, 2.45) is 5.92 Å². The molecule has 2 aromatic heterocycles. The molecular formula is C40H36N6O. The molecule has 7 heteroatoms. The average molecular weight is 617 g/mol. The molecule has 0 radical (unpaired) electrons. The van der Waals surface area contributed by atoms with Gasteiger partial charge in [-0.15, -0.1) is 0 Å². The molecule has 0 amide bonds. The van der Waals surface area contributed by atoms with Crippen LogP contribution in [0.2, 0.25) is 0 Å². The molecule has 4 aromatic carbocycles. The molecule has 232 valence electrons. The van der Waals surface area contributed by atoms with Crippen molar-refractivity contribution in [2.75, 3.05) is 28.8 Å². The number of para-hydroxylation sites is 2. The van der Waals surface area contributed by atoms with E-state index >= 15 is 0 Å². The number of hydrogen-bond acceptors (Lipinski definition) is 7. The Hall–Kier alpha value is -5.56. The predicted octanol–water partition coefficient (Wildman–Crippen LogP) is 8.89. The lowest BCUT2D eigenvalue weighted by atomic mass is 9.77. The van der Waals surface area contributed by atoms with E-state index < -0.39 is 0 Å². The third kappa shape index (κ3) is 3.86. The Labute approximate surface area is 274 Å². The topological polar surface area (TPSA) is 51.9 Å². The molecule has 5 heterocycles. The van der Waals surface area contributed by atoms with E-state index in [-0.39, 0.29) is 24.2 Å². The second-order valence-corrected chi connectivity index (χ2v) is 13.0. The normalized spacial score (nSPS) is 21.4. The van der Waals surface area contributed by atoms with Crippen LogP contribution < -0.4 is 14.7 Å². The Morgan fingerprint density at radius 2 is 1.62 bits per heavy atom. The molecule has 4 atom stereocenters. The van der Waals surface area contributed by atoms with Gasteiger partial charge in [-0.2, -0.15) is 0 Å². The van der Waals surface area contributed by atoms with E-state index in [9.17, 15) is 0 Å². The summed E-state index contributed by atoms with van der Waals surface area (Å²) in [4.78, 5) is 19.8. The molecule has 0 aliphatic carbocycles. The number of nitrogens with zero attached hydrogens (tertiary/aromatic N) is 6. The SMILES string of the molecule is C=Cc1ccccc1N1c2cnc(-c3ccccc3C)nc2N(C)C1C1C(C)c2ccc3c(oc4ccccc43)c2N2C=CN(C)C12. The number of furan rings is 1. The van der Waals surface area contributed by atoms with Crippen LogP contribution in [-0.4, -0.2) is 41.3 Å². The molecule has 7 nitrogen and oxygen atoms in total. The van der Waals surface area contributed by atoms with Crippen molar-refractivity contribution >= 4 is 50.9 Å². The fraction of sp³-hybridized carbons (Fsp3) is 0.200. The zero-order chi connectivity index (χ0) is 32.0. The Bertz CT molecular complexity index is 2250. The minimum atomic E-state index is -0.0723. The summed E-state index contributed by atoms with van der Waals surface area (Å²) in [6, 6.07) is 29.7. The standard InChI is InChI=1S/C40H36N6O/c1-6-26-14-8-11-17-31(26)46-32-23-41-37(27-15-9-7-13-24(27)2)42-38(32)44(5)40(46)34-25(3)28-19-20-30-29-16-10-12-18-33(29)47-36(30)35(28)45-22-21-43(4)39(34)45/h6-23,25,34,39-40H,1H2,2-5H3. The van der Waals surface area contributed by atoms with E-state index in [1.807, 2.05) is 18.3 Å². The first kappa shape index (κ1) is 27.7. The van der Waals surface area contributed by atoms with Crippen molar-refractivity contribution in [2.45, 2.75) is 32.1 Å². The van der Waals surface area contributed by atoms with E-state index in [0.29, 0.717) is 0 Å². The molecule has 3 aliphatic heterocycles. The fourth-order valence-corrected chi connectivity index (χ4v) is 8.29. The Balaban J connectivity index is 1.25. The number of fused-ring (bicyclic) bond motifs is 8. The fourth-order valence-electron chi connectivity index (χ4n) is 8.29. The predicted molar refractivity (Wildman–Crippen MR) is 192 cm³/mol. The first-order valence-corrected chi connectivity index (χ1v) is 16.3. The quantitative estimate of drug-likeness (QED) is 0.196. The summed E-state index contributed by atoms with van der Waals surface area (Å²) in [6.07, 6.45) is 8.34. The van der Waals surface area contributed by atoms with Crippen molar-refractivity contribution in [1.82, 2.24) is 14.9 Å². The Kier molecular flexibility index (Phi) is 6.03. The van der Waals surface area contributed by atoms with Crippen LogP contribution in [0.1, 0.15) is 29.5 Å². The zero-order valence-electron chi connectivity index (χ0n) is 27.0. The molecule has 0 saturated carbocycles. The molecule has 0 bridgehead atoms. The van der Waals surface area contributed by atoms with Gasteiger partial charge in [0.2, 0.25) is 0 Å². The highest BCUT2D eigenvalue weighted by molar-refractivity contribution is 6.10. The highest BCUT2D eigenvalue weighted by Gasteiger charge is 2.53. The molecule has 6 aromatic rings. The molecule has 9 rings (SSSR count). The minimum absolute atomic E-state index is 0.0419. The molecule has 4 unspecified atom stereocenters. The molecule has 0 fully saturated rings. The van der Waals surface area contributed by atoms with Gasteiger partial charge in [0, 0.05) is 48.7 Å². The van der Waals surface area contributed by atoms with E-state index in [0.717, 1.165) is 67.3 Å². The van der Waals surface area contributed by atoms with Crippen LogP contribution in [-0.2, 0) is 0 Å². The van der Waals surface area contributed by atoms with Crippen molar-refractivity contribution in [3.05, 3.63) is 127 Å². The number of rotatable bonds is 4. The van der Waals surface area contributed by atoms with Gasteiger partial charge in [0.15, 0.2) is 17.2 Å². The van der Waals surface area contributed by atoms with Crippen LogP contribution >= 0.6 is 0 Å². The lowest BCUT2D eigenvalue weighted by Crippen LogP contribution is -2.59. The second kappa shape index (κ2) is 10.2. The maximum atomic E-state index is 6.62. The van der Waals surface area contributed by atoms with Crippen LogP contribution in [0.3, 0.4) is 0 Å². The summed E-state index contributed by atoms with van der Waals surface area (Å²) in [5.74, 6) is 1.97. The Morgan fingerprint density at radius 3 is 2.47 bits per heavy atom. The van der Waals surface area contributed by atoms with Crippen LogP contribution in [0.4, 0.5) is 22.9 Å². The first-order valence-electron chi connectivity index (χ1n) is 16.3. The summed E-state index contributed by atoms with van der Waals surface area (Å²) in [5, 5.41) is 2.30. The van der Waals surface area contributed by atoms with Gasteiger partial charge in [0.1, 0.15) is 23.6 Å². The number of aryl methyl sites for hydroxylation is 1. The van der Waals surface area contributed by atoms with E-state index in [1.165, 1.54) is 5.56 Å². The number of hydrogen-bond donors (Lipinski definition) is 0.